The molecule has 9 nitrogen and oxygen atoms in total. The number of aromatic nitrogens is 1. The Morgan fingerprint density at radius 3 is 2.40 bits per heavy atom. The number of hydrogen-bond donors (Lipinski definition) is 2. The minimum Gasteiger partial charge on any atom is -0.497 e. The van der Waals surface area contributed by atoms with Crippen molar-refractivity contribution < 1.29 is 23.8 Å². The van der Waals surface area contributed by atoms with E-state index in [2.05, 4.69) is 33.2 Å². The summed E-state index contributed by atoms with van der Waals surface area (Å²) in [5.74, 6) is 2.28. The Kier molecular flexibility index (Phi) is 7.98. The van der Waals surface area contributed by atoms with Gasteiger partial charge in [-0.15, -0.1) is 6.58 Å². The van der Waals surface area contributed by atoms with Crippen LogP contribution in [-0.4, -0.2) is 74.0 Å². The van der Waals surface area contributed by atoms with Gasteiger partial charge in [0.25, 0.3) is 0 Å². The zero-order chi connectivity index (χ0) is 29.4. The first-order valence-corrected chi connectivity index (χ1v) is 14.5. The molecule has 0 radical (unpaired) electrons. The van der Waals surface area contributed by atoms with E-state index < -0.39 is 23.7 Å². The third kappa shape index (κ3) is 5.17. The Bertz CT molecular complexity index is 1490. The summed E-state index contributed by atoms with van der Waals surface area (Å²) in [4.78, 5) is 33.1. The van der Waals surface area contributed by atoms with Gasteiger partial charge < -0.3 is 19.5 Å². The molecule has 2 aromatic carbocycles. The molecular weight excluding hydrogens is 532 g/mol. The smallest absolute Gasteiger partial charge is 0.219 e. The highest BCUT2D eigenvalue weighted by Gasteiger charge is 2.51. The summed E-state index contributed by atoms with van der Waals surface area (Å²) in [6.45, 7) is 6.42. The minimum atomic E-state index is -0.652. The molecule has 3 aliphatic heterocycles. The van der Waals surface area contributed by atoms with Crippen molar-refractivity contribution in [3.05, 3.63) is 72.4 Å². The van der Waals surface area contributed by atoms with Crippen LogP contribution in [0, 0.1) is 11.8 Å². The van der Waals surface area contributed by atoms with E-state index in [-0.39, 0.29) is 12.1 Å². The van der Waals surface area contributed by atoms with Crippen molar-refractivity contribution >= 4 is 22.5 Å². The third-order valence-corrected chi connectivity index (χ3v) is 9.29. The second-order valence-electron chi connectivity index (χ2n) is 11.5. The number of ether oxygens (including phenoxy) is 3. The average molecular weight is 571 g/mol. The molecule has 4 aliphatic rings. The molecule has 2 bridgehead atoms. The van der Waals surface area contributed by atoms with Gasteiger partial charge in [0.05, 0.1) is 38.9 Å². The first-order chi connectivity index (χ1) is 20.4. The van der Waals surface area contributed by atoms with Gasteiger partial charge in [-0.05, 0) is 78.7 Å². The van der Waals surface area contributed by atoms with Crippen LogP contribution in [0.1, 0.15) is 30.0 Å². The fraction of sp³-hybridized carbons (Fsp3) is 0.424. The summed E-state index contributed by atoms with van der Waals surface area (Å²) in [5, 5.41) is 7.99. The summed E-state index contributed by atoms with van der Waals surface area (Å²) in [6, 6.07) is 12.2. The van der Waals surface area contributed by atoms with Crippen LogP contribution in [-0.2, 0) is 16.1 Å². The van der Waals surface area contributed by atoms with Gasteiger partial charge in [-0.25, -0.2) is 0 Å². The second kappa shape index (κ2) is 11.8. The Hall–Kier alpha value is -3.79. The molecule has 3 saturated heterocycles. The van der Waals surface area contributed by atoms with Crippen molar-refractivity contribution in [2.75, 3.05) is 34.4 Å². The fourth-order valence-corrected chi connectivity index (χ4v) is 6.96. The van der Waals surface area contributed by atoms with Crippen molar-refractivity contribution in [3.63, 3.8) is 0 Å². The number of rotatable bonds is 11. The van der Waals surface area contributed by atoms with Crippen LogP contribution in [0.5, 0.6) is 17.2 Å². The molecular formula is C33H38N4O5. The lowest BCUT2D eigenvalue weighted by atomic mass is 9.72. The number of ketones is 2. The van der Waals surface area contributed by atoms with Crippen molar-refractivity contribution in [1.29, 1.82) is 0 Å². The van der Waals surface area contributed by atoms with Gasteiger partial charge >= 0.3 is 0 Å². The third-order valence-electron chi connectivity index (χ3n) is 9.29. The first-order valence-electron chi connectivity index (χ1n) is 14.5. The van der Waals surface area contributed by atoms with Gasteiger partial charge in [-0.2, -0.15) is 0 Å². The average Bonchev–Trinajstić information content (AvgIpc) is 3.05. The molecule has 6 unspecified atom stereocenters. The Morgan fingerprint density at radius 2 is 1.74 bits per heavy atom. The minimum absolute atomic E-state index is 0.156. The summed E-state index contributed by atoms with van der Waals surface area (Å²) in [5.41, 5.74) is 2.81. The van der Waals surface area contributed by atoms with Crippen molar-refractivity contribution in [2.24, 2.45) is 11.8 Å². The number of methoxy groups -OCH3 is 3. The predicted molar refractivity (Wildman–Crippen MR) is 160 cm³/mol. The quantitative estimate of drug-likeness (QED) is 0.265. The summed E-state index contributed by atoms with van der Waals surface area (Å²) in [6.07, 6.45) is 6.03. The maximum absolute atomic E-state index is 13.1. The molecule has 220 valence electrons. The number of pyridine rings is 1. The molecule has 4 fully saturated rings. The molecule has 1 aliphatic carbocycles. The maximum atomic E-state index is 13.1. The summed E-state index contributed by atoms with van der Waals surface area (Å²) < 4.78 is 16.3. The lowest BCUT2D eigenvalue weighted by Gasteiger charge is -2.52. The van der Waals surface area contributed by atoms with E-state index in [1.165, 1.54) is 0 Å². The van der Waals surface area contributed by atoms with E-state index in [4.69, 9.17) is 14.2 Å². The molecule has 0 spiro atoms. The number of benzene rings is 2. The maximum Gasteiger partial charge on any atom is 0.219 e. The summed E-state index contributed by atoms with van der Waals surface area (Å²) in [7, 11) is 4.86. The molecule has 7 atom stereocenters. The number of carbonyl (C=O) groups is 2. The van der Waals surface area contributed by atoms with Gasteiger partial charge in [0.2, 0.25) is 11.6 Å². The van der Waals surface area contributed by atoms with E-state index in [1.54, 1.807) is 27.4 Å². The van der Waals surface area contributed by atoms with Gasteiger partial charge in [0, 0.05) is 42.8 Å². The molecule has 7 rings (SSSR count). The van der Waals surface area contributed by atoms with Crippen LogP contribution >= 0.6 is 0 Å². The second-order valence-corrected chi connectivity index (χ2v) is 11.5. The van der Waals surface area contributed by atoms with Gasteiger partial charge in [0.1, 0.15) is 17.2 Å². The molecule has 2 N–H and O–H groups in total. The highest BCUT2D eigenvalue weighted by atomic mass is 16.5. The molecule has 1 saturated carbocycles. The number of hydrogen-bond acceptors (Lipinski definition) is 9. The number of nitrogens with zero attached hydrogens (tertiary/aromatic N) is 2. The van der Waals surface area contributed by atoms with Gasteiger partial charge in [-0.1, -0.05) is 6.08 Å². The summed E-state index contributed by atoms with van der Waals surface area (Å²) >= 11 is 0. The van der Waals surface area contributed by atoms with E-state index in [9.17, 15) is 9.59 Å². The highest BCUT2D eigenvalue weighted by molar-refractivity contribution is 6.49. The van der Waals surface area contributed by atoms with E-state index >= 15 is 0 Å². The SMILES string of the molecule is C=CC1CN2CCC1CC2[C@@H](NC1C(=O)C(=O)C1NCc1cc(OC)cc(OC)c1)c1ccnc2ccc(OC)cc12. The molecule has 0 amide bonds. The van der Waals surface area contributed by atoms with Gasteiger partial charge in [0.15, 0.2) is 0 Å². The fourth-order valence-electron chi connectivity index (χ4n) is 6.96. The van der Waals surface area contributed by atoms with E-state index in [0.29, 0.717) is 29.9 Å². The normalized spacial score (nSPS) is 27.4. The van der Waals surface area contributed by atoms with Gasteiger partial charge in [-0.3, -0.25) is 24.8 Å². The predicted octanol–water partition coefficient (Wildman–Crippen LogP) is 3.47. The zero-order valence-electron chi connectivity index (χ0n) is 24.3. The van der Waals surface area contributed by atoms with Crippen molar-refractivity contribution in [3.8, 4) is 17.2 Å². The lowest BCUT2D eigenvalue weighted by Crippen LogP contribution is -2.71. The number of carbonyl (C=O) groups excluding carboxylic acids is 2. The van der Waals surface area contributed by atoms with Crippen LogP contribution in [0.4, 0.5) is 0 Å². The number of piperidine rings is 3. The van der Waals surface area contributed by atoms with Crippen molar-refractivity contribution in [1.82, 2.24) is 20.5 Å². The van der Waals surface area contributed by atoms with Crippen molar-refractivity contribution in [2.45, 2.75) is 43.6 Å². The Labute approximate surface area is 246 Å². The van der Waals surface area contributed by atoms with Crippen LogP contribution in [0.3, 0.4) is 0 Å². The molecule has 4 heterocycles. The highest BCUT2D eigenvalue weighted by Crippen LogP contribution is 2.43. The zero-order valence-corrected chi connectivity index (χ0v) is 24.3. The monoisotopic (exact) mass is 570 g/mol. The standard InChI is InChI=1S/C33H38N4O5/c1-5-20-18-37-11-9-21(20)14-28(37)29(25-8-10-34-27-7-6-22(40-2)16-26(25)27)36-31-30(32(38)33(31)39)35-17-19-12-23(41-3)15-24(13-19)42-4/h5-8,10,12-13,15-16,20-21,28-31,35-36H,1,9,11,14,17-18H2,2-4H3/t20?,21?,28?,29-,30?,31?/m0/s1. The Morgan fingerprint density at radius 1 is 1.00 bits per heavy atom. The largest absolute Gasteiger partial charge is 0.497 e. The molecule has 42 heavy (non-hydrogen) atoms. The Balaban J connectivity index is 1.31. The molecule has 1 aromatic heterocycles. The number of fused-ring (bicyclic) bond motifs is 4. The van der Waals surface area contributed by atoms with E-state index in [0.717, 1.165) is 53.7 Å². The lowest BCUT2D eigenvalue weighted by molar-refractivity contribution is -0.148. The number of nitrogens with one attached hydrogen (secondary N) is 2. The van der Waals surface area contributed by atoms with Crippen LogP contribution < -0.4 is 24.8 Å². The topological polar surface area (TPSA) is 102 Å². The molecule has 3 aromatic rings. The van der Waals surface area contributed by atoms with E-state index in [1.807, 2.05) is 42.6 Å². The van der Waals surface area contributed by atoms with Crippen LogP contribution in [0.25, 0.3) is 10.9 Å². The number of Topliss-reactive ketones (excluding diaryl/α,β-unsaturated/α-hetero) is 2. The van der Waals surface area contributed by atoms with Crippen LogP contribution in [0.15, 0.2) is 61.3 Å². The molecule has 9 heteroatoms. The van der Waals surface area contributed by atoms with Crippen LogP contribution in [0.2, 0.25) is 0 Å². The first kappa shape index (κ1) is 28.3.